The van der Waals surface area contributed by atoms with Gasteiger partial charge in [0.1, 0.15) is 0 Å². The van der Waals surface area contributed by atoms with Crippen LogP contribution in [0.4, 0.5) is 0 Å². The van der Waals surface area contributed by atoms with Gasteiger partial charge in [-0.1, -0.05) is 0 Å². The molecule has 0 atom stereocenters. The number of carbonyl (C=O) groups is 1. The van der Waals surface area contributed by atoms with Crippen molar-refractivity contribution in [2.24, 2.45) is 5.73 Å². The monoisotopic (exact) mass is 113 g/mol. The van der Waals surface area contributed by atoms with Crippen molar-refractivity contribution in [2.75, 3.05) is 13.1 Å². The van der Waals surface area contributed by atoms with Crippen LogP contribution in [-0.4, -0.2) is 19.0 Å². The van der Waals surface area contributed by atoms with Gasteiger partial charge in [-0.2, -0.15) is 5.26 Å². The first kappa shape index (κ1) is 6.92. The van der Waals surface area contributed by atoms with Crippen LogP contribution in [0.5, 0.6) is 0 Å². The van der Waals surface area contributed by atoms with Gasteiger partial charge in [0.25, 0.3) is 0 Å². The van der Waals surface area contributed by atoms with Gasteiger partial charge in [-0.3, -0.25) is 10.1 Å². The molecule has 8 heavy (non-hydrogen) atoms. The second-order valence-electron chi connectivity index (χ2n) is 1.23. The molecule has 1 amide bonds. The minimum absolute atomic E-state index is 0.0769. The van der Waals surface area contributed by atoms with Gasteiger partial charge in [0.05, 0.1) is 19.2 Å². The lowest BCUT2D eigenvalue weighted by Gasteiger charge is -1.90. The van der Waals surface area contributed by atoms with E-state index in [1.807, 2.05) is 0 Å². The van der Waals surface area contributed by atoms with Crippen LogP contribution in [0.15, 0.2) is 0 Å². The molecule has 0 rings (SSSR count). The maximum absolute atomic E-state index is 9.92. The summed E-state index contributed by atoms with van der Waals surface area (Å²) in [5, 5.41) is 10.4. The number of nitrogens with two attached hydrogens (primary N) is 1. The summed E-state index contributed by atoms with van der Waals surface area (Å²) in [6.07, 6.45) is 0. The topological polar surface area (TPSA) is 78.9 Å². The smallest absolute Gasteiger partial charge is 0.231 e. The standard InChI is InChI=1S/C4H7N3O/c5-1-2-7-3-4(6)8/h7H,2-3H2,(H2,6,8). The van der Waals surface area contributed by atoms with E-state index in [0.717, 1.165) is 0 Å². The summed E-state index contributed by atoms with van der Waals surface area (Å²) in [5.41, 5.74) is 4.72. The molecule has 0 aromatic rings. The zero-order chi connectivity index (χ0) is 6.41. The van der Waals surface area contributed by atoms with Crippen molar-refractivity contribution in [3.05, 3.63) is 0 Å². The first-order chi connectivity index (χ1) is 3.77. The van der Waals surface area contributed by atoms with Gasteiger partial charge >= 0.3 is 0 Å². The number of hydrogen-bond acceptors (Lipinski definition) is 3. The van der Waals surface area contributed by atoms with Gasteiger partial charge in [0.15, 0.2) is 0 Å². The molecular formula is C4H7N3O. The summed E-state index contributed by atoms with van der Waals surface area (Å²) >= 11 is 0. The lowest BCUT2D eigenvalue weighted by Crippen LogP contribution is -2.28. The summed E-state index contributed by atoms with van der Waals surface area (Å²) in [6, 6.07) is 1.80. The molecular weight excluding hydrogens is 106 g/mol. The summed E-state index contributed by atoms with van der Waals surface area (Å²) in [5.74, 6) is -0.444. The summed E-state index contributed by atoms with van der Waals surface area (Å²) in [6.45, 7) is 0.247. The first-order valence-corrected chi connectivity index (χ1v) is 2.13. The predicted octanol–water partition coefficient (Wildman–Crippen LogP) is -1.42. The molecule has 0 saturated heterocycles. The molecule has 0 aliphatic carbocycles. The molecule has 0 aliphatic heterocycles. The Labute approximate surface area is 47.3 Å². The Morgan fingerprint density at radius 3 is 2.88 bits per heavy atom. The number of nitrogens with zero attached hydrogens (tertiary/aromatic N) is 1. The van der Waals surface area contributed by atoms with E-state index in [2.05, 4.69) is 5.32 Å². The van der Waals surface area contributed by atoms with Gasteiger partial charge < -0.3 is 5.73 Å². The number of nitrogens with one attached hydrogen (secondary N) is 1. The molecule has 0 bridgehead atoms. The van der Waals surface area contributed by atoms with Gasteiger partial charge in [0, 0.05) is 0 Å². The highest BCUT2D eigenvalue weighted by Crippen LogP contribution is 1.53. The fourth-order valence-electron chi connectivity index (χ4n) is 0.242. The summed E-state index contributed by atoms with van der Waals surface area (Å²) < 4.78 is 0. The fraction of sp³-hybridized carbons (Fsp3) is 0.500. The Bertz CT molecular complexity index is 115. The van der Waals surface area contributed by atoms with E-state index in [1.165, 1.54) is 0 Å². The van der Waals surface area contributed by atoms with Crippen LogP contribution < -0.4 is 11.1 Å². The molecule has 4 nitrogen and oxygen atoms in total. The highest BCUT2D eigenvalue weighted by atomic mass is 16.1. The van der Waals surface area contributed by atoms with E-state index < -0.39 is 5.91 Å². The highest BCUT2D eigenvalue weighted by Gasteiger charge is 1.88. The maximum atomic E-state index is 9.92. The van der Waals surface area contributed by atoms with Crippen LogP contribution in [0.25, 0.3) is 0 Å². The third-order valence-electron chi connectivity index (χ3n) is 0.503. The number of rotatable bonds is 3. The minimum atomic E-state index is -0.444. The van der Waals surface area contributed by atoms with Crippen molar-refractivity contribution in [2.45, 2.75) is 0 Å². The largest absolute Gasteiger partial charge is 0.369 e. The van der Waals surface area contributed by atoms with Crippen LogP contribution in [0.2, 0.25) is 0 Å². The Morgan fingerprint density at radius 2 is 2.50 bits per heavy atom. The summed E-state index contributed by atoms with van der Waals surface area (Å²) in [4.78, 5) is 9.92. The highest BCUT2D eigenvalue weighted by molar-refractivity contribution is 5.75. The number of primary amides is 1. The van der Waals surface area contributed by atoms with Crippen molar-refractivity contribution in [1.82, 2.24) is 5.32 Å². The van der Waals surface area contributed by atoms with E-state index in [-0.39, 0.29) is 13.1 Å². The van der Waals surface area contributed by atoms with Crippen LogP contribution in [0.1, 0.15) is 0 Å². The van der Waals surface area contributed by atoms with Crippen molar-refractivity contribution < 1.29 is 4.79 Å². The first-order valence-electron chi connectivity index (χ1n) is 2.13. The number of hydrogen-bond donors (Lipinski definition) is 2. The van der Waals surface area contributed by atoms with Gasteiger partial charge in [-0.15, -0.1) is 0 Å². The Balaban J connectivity index is 2.97. The summed E-state index contributed by atoms with van der Waals surface area (Å²) in [7, 11) is 0. The van der Waals surface area contributed by atoms with E-state index in [4.69, 9.17) is 11.0 Å². The van der Waals surface area contributed by atoms with E-state index >= 15 is 0 Å². The van der Waals surface area contributed by atoms with Crippen LogP contribution in [-0.2, 0) is 4.79 Å². The second-order valence-corrected chi connectivity index (χ2v) is 1.23. The van der Waals surface area contributed by atoms with E-state index in [0.29, 0.717) is 0 Å². The molecule has 44 valence electrons. The molecule has 0 aromatic heterocycles. The Kier molecular flexibility index (Phi) is 3.54. The van der Waals surface area contributed by atoms with E-state index in [1.54, 1.807) is 6.07 Å². The lowest BCUT2D eigenvalue weighted by molar-refractivity contribution is -0.117. The Morgan fingerprint density at radius 1 is 1.88 bits per heavy atom. The van der Waals surface area contributed by atoms with Crippen LogP contribution >= 0.6 is 0 Å². The average Bonchev–Trinajstić information content (AvgIpc) is 1.66. The SMILES string of the molecule is N#CCNCC(N)=O. The molecule has 0 fully saturated rings. The normalized spacial score (nSPS) is 7.88. The van der Waals surface area contributed by atoms with Gasteiger partial charge in [0.2, 0.25) is 5.91 Å². The molecule has 0 aromatic carbocycles. The number of amides is 1. The lowest BCUT2D eigenvalue weighted by atomic mass is 10.6. The minimum Gasteiger partial charge on any atom is -0.369 e. The van der Waals surface area contributed by atoms with Crippen molar-refractivity contribution >= 4 is 5.91 Å². The third-order valence-corrected chi connectivity index (χ3v) is 0.503. The quantitative estimate of drug-likeness (QED) is 0.348. The van der Waals surface area contributed by atoms with Crippen LogP contribution in [0, 0.1) is 11.3 Å². The molecule has 0 aliphatic rings. The van der Waals surface area contributed by atoms with Gasteiger partial charge in [-0.05, 0) is 0 Å². The molecule has 0 heterocycles. The number of nitriles is 1. The predicted molar refractivity (Wildman–Crippen MR) is 27.7 cm³/mol. The fourth-order valence-corrected chi connectivity index (χ4v) is 0.242. The van der Waals surface area contributed by atoms with Crippen molar-refractivity contribution in [3.63, 3.8) is 0 Å². The second kappa shape index (κ2) is 4.09. The number of carbonyl (C=O) groups excluding carboxylic acids is 1. The van der Waals surface area contributed by atoms with Crippen molar-refractivity contribution in [1.29, 1.82) is 5.26 Å². The van der Waals surface area contributed by atoms with Crippen LogP contribution in [0.3, 0.4) is 0 Å². The molecule has 4 heteroatoms. The zero-order valence-corrected chi connectivity index (χ0v) is 4.35. The molecule has 0 spiro atoms. The molecule has 0 radical (unpaired) electrons. The molecule has 3 N–H and O–H groups in total. The third kappa shape index (κ3) is 4.92. The van der Waals surface area contributed by atoms with E-state index in [9.17, 15) is 4.79 Å². The van der Waals surface area contributed by atoms with Gasteiger partial charge in [-0.25, -0.2) is 0 Å². The molecule has 0 unspecified atom stereocenters. The molecule has 0 saturated carbocycles. The Hall–Kier alpha value is -1.08. The zero-order valence-electron chi connectivity index (χ0n) is 4.35. The maximum Gasteiger partial charge on any atom is 0.231 e. The average molecular weight is 113 g/mol. The van der Waals surface area contributed by atoms with Crippen molar-refractivity contribution in [3.8, 4) is 6.07 Å².